The normalized spacial score (nSPS) is 20.4. The Morgan fingerprint density at radius 3 is 2.79 bits per heavy atom. The van der Waals surface area contributed by atoms with Gasteiger partial charge in [0.15, 0.2) is 10.8 Å². The first-order chi connectivity index (χ1) is 16.2. The number of carbonyl (C=O) groups excluding carboxylic acids is 2. The van der Waals surface area contributed by atoms with E-state index >= 15 is 0 Å². The fourth-order valence-electron chi connectivity index (χ4n) is 3.27. The lowest BCUT2D eigenvalue weighted by atomic mass is 10.0. The molecule has 2 aliphatic heterocycles. The van der Waals surface area contributed by atoms with Crippen LogP contribution < -0.4 is 15.8 Å². The quantitative estimate of drug-likeness (QED) is 0.173. The van der Waals surface area contributed by atoms with Crippen molar-refractivity contribution in [3.8, 4) is 5.88 Å². The number of hydrogen-bond donors (Lipinski definition) is 4. The van der Waals surface area contributed by atoms with Gasteiger partial charge in [-0.25, -0.2) is 9.78 Å². The highest BCUT2D eigenvalue weighted by Crippen LogP contribution is 2.41. The predicted molar refractivity (Wildman–Crippen MR) is 127 cm³/mol. The number of carbonyl (C=O) groups is 3. The molecule has 2 aliphatic rings. The molecule has 2 aromatic rings. The minimum absolute atomic E-state index is 0.0418. The molecule has 0 radical (unpaired) electrons. The highest BCUT2D eigenvalue weighted by Gasteiger charge is 2.54. The summed E-state index contributed by atoms with van der Waals surface area (Å²) in [6.07, 6.45) is 3.31. The summed E-state index contributed by atoms with van der Waals surface area (Å²) in [5.41, 5.74) is 5.19. The monoisotopic (exact) mass is 542 g/mol. The Morgan fingerprint density at radius 1 is 1.44 bits per heavy atom. The molecule has 0 aromatic carbocycles. The second kappa shape index (κ2) is 9.61. The zero-order valence-electron chi connectivity index (χ0n) is 17.1. The third-order valence-electron chi connectivity index (χ3n) is 4.79. The summed E-state index contributed by atoms with van der Waals surface area (Å²) in [7, 11) is 1.49. The summed E-state index contributed by atoms with van der Waals surface area (Å²) < 4.78 is 9.14. The molecule has 2 amide bonds. The van der Waals surface area contributed by atoms with Gasteiger partial charge in [-0.2, -0.15) is 4.37 Å². The molecule has 1 fully saturated rings. The molecule has 0 bridgehead atoms. The summed E-state index contributed by atoms with van der Waals surface area (Å²) in [5.74, 6) is -2.07. The number of anilines is 1. The Balaban J connectivity index is 1.52. The summed E-state index contributed by atoms with van der Waals surface area (Å²) in [4.78, 5) is 43.2. The number of fused-ring (bicyclic) bond motifs is 1. The minimum atomic E-state index is -1.27. The van der Waals surface area contributed by atoms with Crippen molar-refractivity contribution in [1.29, 1.82) is 0 Å². The molecular weight excluding hydrogens is 528 g/mol. The molecule has 2 atom stereocenters. The van der Waals surface area contributed by atoms with E-state index in [2.05, 4.69) is 19.8 Å². The van der Waals surface area contributed by atoms with Crippen molar-refractivity contribution < 1.29 is 29.4 Å². The molecule has 1 saturated heterocycles. The van der Waals surface area contributed by atoms with Crippen LogP contribution in [0.2, 0.25) is 4.34 Å². The van der Waals surface area contributed by atoms with Gasteiger partial charge in [0.25, 0.3) is 11.8 Å². The van der Waals surface area contributed by atoms with Gasteiger partial charge in [-0.3, -0.25) is 14.5 Å². The number of thioether (sulfide) groups is 1. The molecule has 34 heavy (non-hydrogen) atoms. The van der Waals surface area contributed by atoms with Gasteiger partial charge in [-0.1, -0.05) is 34.2 Å². The third kappa shape index (κ3) is 4.34. The van der Waals surface area contributed by atoms with Crippen LogP contribution in [0.25, 0.3) is 6.08 Å². The first-order valence-corrected chi connectivity index (χ1v) is 12.3. The van der Waals surface area contributed by atoms with Crippen molar-refractivity contribution in [3.05, 3.63) is 38.3 Å². The molecule has 0 aliphatic carbocycles. The van der Waals surface area contributed by atoms with E-state index in [1.165, 1.54) is 30.4 Å². The standard InChI is InChI=1S/C18H15ClN6O6S3/c1-31-8-4-7(34-24-8)3-2-6-5-32-16-11(15(27)25(16)12(6)17(28)29)21-14(26)10(23-30)9-13(19)33-18(20)22-9/h2-4,11,16,30H,5H2,1H3,(H2,20,22)(H,21,26)(H,28,29)/b3-2-,23-10-/t11-,16-/m1/s1. The highest BCUT2D eigenvalue weighted by molar-refractivity contribution is 8.00. The number of carboxylic acids is 1. The van der Waals surface area contributed by atoms with Gasteiger partial charge in [-0.15, -0.1) is 11.8 Å². The minimum Gasteiger partial charge on any atom is -0.480 e. The number of amides is 2. The number of nitrogens with one attached hydrogen (secondary N) is 1. The lowest BCUT2D eigenvalue weighted by Gasteiger charge is -2.49. The number of hydrogen-bond acceptors (Lipinski definition) is 12. The summed E-state index contributed by atoms with van der Waals surface area (Å²) in [6, 6.07) is 0.665. The number of carboxylic acid groups (broad SMARTS) is 1. The van der Waals surface area contributed by atoms with Gasteiger partial charge < -0.3 is 26.1 Å². The molecular formula is C18H15ClN6O6S3. The number of aromatic nitrogens is 2. The first kappa shape index (κ1) is 24.0. The van der Waals surface area contributed by atoms with Crippen LogP contribution in [-0.2, 0) is 14.4 Å². The number of nitrogens with two attached hydrogens (primary N) is 1. The number of β-lactam (4-membered cyclic amide) rings is 1. The maximum atomic E-state index is 12.8. The molecule has 16 heteroatoms. The van der Waals surface area contributed by atoms with Crippen molar-refractivity contribution in [3.63, 3.8) is 0 Å². The van der Waals surface area contributed by atoms with Gasteiger partial charge >= 0.3 is 5.97 Å². The van der Waals surface area contributed by atoms with Crippen molar-refractivity contribution >= 4 is 80.9 Å². The van der Waals surface area contributed by atoms with Crippen LogP contribution in [0.3, 0.4) is 0 Å². The number of methoxy groups -OCH3 is 1. The zero-order chi connectivity index (χ0) is 24.6. The van der Waals surface area contributed by atoms with E-state index in [1.54, 1.807) is 18.2 Å². The van der Waals surface area contributed by atoms with Crippen LogP contribution in [-0.4, -0.2) is 72.3 Å². The zero-order valence-corrected chi connectivity index (χ0v) is 20.3. The van der Waals surface area contributed by atoms with E-state index < -0.39 is 34.9 Å². The maximum absolute atomic E-state index is 12.8. The molecule has 5 N–H and O–H groups in total. The Kier molecular flexibility index (Phi) is 6.79. The molecule has 178 valence electrons. The molecule has 4 rings (SSSR count). The number of aliphatic carboxylic acids is 1. The predicted octanol–water partition coefficient (Wildman–Crippen LogP) is 1.47. The van der Waals surface area contributed by atoms with Crippen molar-refractivity contribution in [1.82, 2.24) is 19.6 Å². The van der Waals surface area contributed by atoms with E-state index in [-0.39, 0.29) is 26.6 Å². The van der Waals surface area contributed by atoms with Crippen molar-refractivity contribution in [2.45, 2.75) is 11.4 Å². The number of rotatable bonds is 7. The van der Waals surface area contributed by atoms with Crippen LogP contribution in [0, 0.1) is 0 Å². The summed E-state index contributed by atoms with van der Waals surface area (Å²) in [5, 5.41) is 23.9. The molecule has 2 aromatic heterocycles. The van der Waals surface area contributed by atoms with Gasteiger partial charge in [0.2, 0.25) is 5.88 Å². The van der Waals surface area contributed by atoms with E-state index in [9.17, 15) is 24.7 Å². The maximum Gasteiger partial charge on any atom is 0.352 e. The Morgan fingerprint density at radius 2 is 2.21 bits per heavy atom. The number of halogens is 1. The molecule has 0 unspecified atom stereocenters. The second-order valence-electron chi connectivity index (χ2n) is 6.77. The van der Waals surface area contributed by atoms with Crippen LogP contribution in [0.15, 0.2) is 28.6 Å². The van der Waals surface area contributed by atoms with Crippen LogP contribution in [0.5, 0.6) is 5.88 Å². The number of oxime groups is 1. The Bertz CT molecular complexity index is 1270. The van der Waals surface area contributed by atoms with E-state index in [0.717, 1.165) is 21.1 Å². The SMILES string of the molecule is COc1cc(/C=C\C2=C(C(=O)O)N3C(=O)[C@@H](NC(=O)/C(=N\O)c4nc(N)sc4Cl)[C@H]3SC2)sn1. The average Bonchev–Trinajstić information content (AvgIpc) is 3.41. The number of thiazole rings is 1. The molecule has 12 nitrogen and oxygen atoms in total. The van der Waals surface area contributed by atoms with E-state index in [1.807, 2.05) is 0 Å². The first-order valence-electron chi connectivity index (χ1n) is 9.30. The summed E-state index contributed by atoms with van der Waals surface area (Å²) >= 11 is 9.33. The number of nitrogen functional groups attached to an aromatic ring is 1. The van der Waals surface area contributed by atoms with Gasteiger partial charge in [0, 0.05) is 11.8 Å². The number of allylic oxidation sites excluding steroid dienone is 1. The van der Waals surface area contributed by atoms with E-state index in [4.69, 9.17) is 22.1 Å². The molecule has 0 spiro atoms. The second-order valence-corrected chi connectivity index (χ2v) is 10.3. The average molecular weight is 543 g/mol. The topological polar surface area (TPSA) is 180 Å². The smallest absolute Gasteiger partial charge is 0.352 e. The van der Waals surface area contributed by atoms with Crippen LogP contribution in [0.1, 0.15) is 10.6 Å². The lowest BCUT2D eigenvalue weighted by molar-refractivity contribution is -0.150. The van der Waals surface area contributed by atoms with Crippen molar-refractivity contribution in [2.75, 3.05) is 18.6 Å². The fraction of sp³-hybridized carbons (Fsp3) is 0.222. The van der Waals surface area contributed by atoms with Crippen LogP contribution >= 0.6 is 46.2 Å². The number of ether oxygens (including phenoxy) is 1. The van der Waals surface area contributed by atoms with Crippen LogP contribution in [0.4, 0.5) is 5.13 Å². The molecule has 4 heterocycles. The van der Waals surface area contributed by atoms with Gasteiger partial charge in [0.1, 0.15) is 27.1 Å². The Labute approximate surface area is 208 Å². The van der Waals surface area contributed by atoms with Gasteiger partial charge in [-0.05, 0) is 23.2 Å². The highest BCUT2D eigenvalue weighted by atomic mass is 35.5. The molecule has 0 saturated carbocycles. The summed E-state index contributed by atoms with van der Waals surface area (Å²) in [6.45, 7) is 0. The van der Waals surface area contributed by atoms with Crippen molar-refractivity contribution in [2.24, 2.45) is 5.16 Å². The fourth-order valence-corrected chi connectivity index (χ4v) is 6.13. The van der Waals surface area contributed by atoms with E-state index in [0.29, 0.717) is 11.5 Å². The largest absolute Gasteiger partial charge is 0.480 e. The third-order valence-corrected chi connectivity index (χ3v) is 7.91. The number of nitrogens with zero attached hydrogens (tertiary/aromatic N) is 4. The Hall–Kier alpha value is -3.14. The van der Waals surface area contributed by atoms with Gasteiger partial charge in [0.05, 0.1) is 12.0 Å². The lowest BCUT2D eigenvalue weighted by Crippen LogP contribution is -2.71.